The van der Waals surface area contributed by atoms with Crippen molar-refractivity contribution >= 4 is 0 Å². The molecule has 94 valence electrons. The SMILES string of the molecule is CN1CC2(CO)CC(C)(C)CC2(CCO)C1. The molecule has 1 heterocycles. The molecule has 0 aromatic heterocycles. The molecular weight excluding hydrogens is 202 g/mol. The first kappa shape index (κ1) is 12.3. The van der Waals surface area contributed by atoms with Gasteiger partial charge in [-0.1, -0.05) is 13.8 Å². The van der Waals surface area contributed by atoms with Gasteiger partial charge in [-0.3, -0.25) is 0 Å². The van der Waals surface area contributed by atoms with E-state index in [9.17, 15) is 10.2 Å². The summed E-state index contributed by atoms with van der Waals surface area (Å²) in [6.07, 6.45) is 3.05. The molecule has 16 heavy (non-hydrogen) atoms. The van der Waals surface area contributed by atoms with Crippen LogP contribution in [0.3, 0.4) is 0 Å². The highest BCUT2D eigenvalue weighted by molar-refractivity contribution is 5.13. The molecule has 1 saturated carbocycles. The summed E-state index contributed by atoms with van der Waals surface area (Å²) in [4.78, 5) is 2.32. The van der Waals surface area contributed by atoms with Gasteiger partial charge in [0.2, 0.25) is 0 Å². The fourth-order valence-corrected chi connectivity index (χ4v) is 4.73. The topological polar surface area (TPSA) is 43.7 Å². The van der Waals surface area contributed by atoms with Crippen LogP contribution >= 0.6 is 0 Å². The largest absolute Gasteiger partial charge is 0.396 e. The number of nitrogens with zero attached hydrogens (tertiary/aromatic N) is 1. The lowest BCUT2D eigenvalue weighted by Crippen LogP contribution is -2.40. The van der Waals surface area contributed by atoms with E-state index in [1.807, 2.05) is 0 Å². The molecule has 2 unspecified atom stereocenters. The summed E-state index contributed by atoms with van der Waals surface area (Å²) in [6, 6.07) is 0. The molecule has 0 bridgehead atoms. The summed E-state index contributed by atoms with van der Waals surface area (Å²) in [5.74, 6) is 0. The Balaban J connectivity index is 2.35. The van der Waals surface area contributed by atoms with E-state index < -0.39 is 0 Å². The summed E-state index contributed by atoms with van der Waals surface area (Å²) in [7, 11) is 2.13. The molecule has 1 aliphatic heterocycles. The zero-order chi connectivity index (χ0) is 12.0. The van der Waals surface area contributed by atoms with E-state index in [4.69, 9.17) is 0 Å². The van der Waals surface area contributed by atoms with E-state index in [0.717, 1.165) is 32.4 Å². The maximum absolute atomic E-state index is 9.86. The van der Waals surface area contributed by atoms with Crippen LogP contribution in [0, 0.1) is 16.2 Å². The minimum Gasteiger partial charge on any atom is -0.396 e. The van der Waals surface area contributed by atoms with Crippen LogP contribution in [0.5, 0.6) is 0 Å². The Hall–Kier alpha value is -0.120. The van der Waals surface area contributed by atoms with Crippen LogP contribution in [0.1, 0.15) is 33.1 Å². The molecule has 2 rings (SSSR count). The Labute approximate surface area is 98.5 Å². The quantitative estimate of drug-likeness (QED) is 0.759. The molecule has 0 radical (unpaired) electrons. The average Bonchev–Trinajstić information content (AvgIpc) is 2.48. The number of likely N-dealkylation sites (tertiary alicyclic amines) is 1. The molecule has 2 N–H and O–H groups in total. The lowest BCUT2D eigenvalue weighted by molar-refractivity contribution is 0.0343. The van der Waals surface area contributed by atoms with Crippen molar-refractivity contribution in [3.05, 3.63) is 0 Å². The van der Waals surface area contributed by atoms with Crippen LogP contribution in [-0.4, -0.2) is 48.5 Å². The van der Waals surface area contributed by atoms with E-state index in [1.165, 1.54) is 0 Å². The molecule has 0 amide bonds. The van der Waals surface area contributed by atoms with Gasteiger partial charge in [-0.25, -0.2) is 0 Å². The first-order chi connectivity index (χ1) is 7.39. The van der Waals surface area contributed by atoms with Gasteiger partial charge in [-0.15, -0.1) is 0 Å². The lowest BCUT2D eigenvalue weighted by Gasteiger charge is -2.38. The number of hydrogen-bond acceptors (Lipinski definition) is 3. The van der Waals surface area contributed by atoms with Crippen molar-refractivity contribution in [2.45, 2.75) is 33.1 Å². The van der Waals surface area contributed by atoms with Crippen molar-refractivity contribution in [1.29, 1.82) is 0 Å². The molecule has 0 spiro atoms. The summed E-state index contributed by atoms with van der Waals surface area (Å²) in [5.41, 5.74) is 0.460. The van der Waals surface area contributed by atoms with Gasteiger partial charge in [0.05, 0.1) is 6.61 Å². The molecule has 0 aromatic rings. The standard InChI is InChI=1S/C13H25NO2/c1-11(2)6-12(4-5-15)8-14(3)9-13(12,7-11)10-16/h15-16H,4-10H2,1-3H3. The normalized spacial score (nSPS) is 42.6. The van der Waals surface area contributed by atoms with E-state index >= 15 is 0 Å². The van der Waals surface area contributed by atoms with Gasteiger partial charge in [0.1, 0.15) is 0 Å². The first-order valence-electron chi connectivity index (χ1n) is 6.29. The van der Waals surface area contributed by atoms with Gasteiger partial charge in [-0.05, 0) is 37.1 Å². The molecule has 2 aliphatic rings. The number of aliphatic hydroxyl groups excluding tert-OH is 2. The third-order valence-corrected chi connectivity index (χ3v) is 4.80. The molecule has 0 aromatic carbocycles. The summed E-state index contributed by atoms with van der Waals surface area (Å²) in [5, 5.41) is 19.2. The number of hydrogen-bond donors (Lipinski definition) is 2. The van der Waals surface area contributed by atoms with Crippen molar-refractivity contribution in [3.63, 3.8) is 0 Å². The smallest absolute Gasteiger partial charge is 0.0505 e. The highest BCUT2D eigenvalue weighted by Crippen LogP contribution is 2.64. The van der Waals surface area contributed by atoms with Gasteiger partial charge < -0.3 is 15.1 Å². The predicted molar refractivity (Wildman–Crippen MR) is 64.2 cm³/mol. The van der Waals surface area contributed by atoms with Gasteiger partial charge in [-0.2, -0.15) is 0 Å². The molecule has 2 fully saturated rings. The third kappa shape index (κ3) is 1.60. The second-order valence-electron chi connectivity index (χ2n) is 6.88. The van der Waals surface area contributed by atoms with Crippen LogP contribution in [0.2, 0.25) is 0 Å². The van der Waals surface area contributed by atoms with E-state index in [0.29, 0.717) is 5.41 Å². The Morgan fingerprint density at radius 2 is 1.62 bits per heavy atom. The number of fused-ring (bicyclic) bond motifs is 1. The summed E-state index contributed by atoms with van der Waals surface area (Å²) in [6.45, 7) is 7.10. The third-order valence-electron chi connectivity index (χ3n) is 4.80. The molecular formula is C13H25NO2. The van der Waals surface area contributed by atoms with E-state index in [1.54, 1.807) is 0 Å². The van der Waals surface area contributed by atoms with Crippen molar-refractivity contribution in [1.82, 2.24) is 4.90 Å². The Kier molecular flexibility index (Phi) is 2.84. The zero-order valence-electron chi connectivity index (χ0n) is 10.8. The molecule has 3 nitrogen and oxygen atoms in total. The minimum atomic E-state index is 0.0218. The monoisotopic (exact) mass is 227 g/mol. The highest BCUT2D eigenvalue weighted by Gasteiger charge is 2.63. The van der Waals surface area contributed by atoms with Gasteiger partial charge >= 0.3 is 0 Å². The summed E-state index contributed by atoms with van der Waals surface area (Å²) >= 11 is 0. The number of aliphatic hydroxyl groups is 2. The minimum absolute atomic E-state index is 0.0218. The van der Waals surface area contributed by atoms with Gasteiger partial charge in [0.25, 0.3) is 0 Å². The predicted octanol–water partition coefficient (Wildman–Crippen LogP) is 1.10. The maximum atomic E-state index is 9.86. The Bertz CT molecular complexity index is 279. The van der Waals surface area contributed by atoms with Crippen LogP contribution in [-0.2, 0) is 0 Å². The Morgan fingerprint density at radius 1 is 1.06 bits per heavy atom. The second kappa shape index (κ2) is 3.69. The van der Waals surface area contributed by atoms with Gasteiger partial charge in [0.15, 0.2) is 0 Å². The van der Waals surface area contributed by atoms with E-state index in [2.05, 4.69) is 25.8 Å². The second-order valence-corrected chi connectivity index (χ2v) is 6.88. The maximum Gasteiger partial charge on any atom is 0.0505 e. The van der Waals surface area contributed by atoms with E-state index in [-0.39, 0.29) is 24.0 Å². The van der Waals surface area contributed by atoms with Gasteiger partial charge in [0, 0.05) is 25.1 Å². The Morgan fingerprint density at radius 3 is 2.19 bits per heavy atom. The fraction of sp³-hybridized carbons (Fsp3) is 1.00. The van der Waals surface area contributed by atoms with Crippen molar-refractivity contribution < 1.29 is 10.2 Å². The molecule has 1 aliphatic carbocycles. The fourth-order valence-electron chi connectivity index (χ4n) is 4.73. The van der Waals surface area contributed by atoms with Crippen LogP contribution in [0.4, 0.5) is 0 Å². The number of rotatable bonds is 3. The first-order valence-corrected chi connectivity index (χ1v) is 6.29. The summed E-state index contributed by atoms with van der Waals surface area (Å²) < 4.78 is 0. The van der Waals surface area contributed by atoms with Crippen molar-refractivity contribution in [2.75, 3.05) is 33.4 Å². The van der Waals surface area contributed by atoms with Crippen LogP contribution in [0.15, 0.2) is 0 Å². The van der Waals surface area contributed by atoms with Crippen molar-refractivity contribution in [2.24, 2.45) is 16.2 Å². The highest BCUT2D eigenvalue weighted by atomic mass is 16.3. The lowest BCUT2D eigenvalue weighted by atomic mass is 9.67. The zero-order valence-corrected chi connectivity index (χ0v) is 10.8. The molecule has 1 saturated heterocycles. The van der Waals surface area contributed by atoms with Crippen LogP contribution in [0.25, 0.3) is 0 Å². The van der Waals surface area contributed by atoms with Crippen molar-refractivity contribution in [3.8, 4) is 0 Å². The van der Waals surface area contributed by atoms with Crippen LogP contribution < -0.4 is 0 Å². The molecule has 2 atom stereocenters. The molecule has 3 heteroatoms. The average molecular weight is 227 g/mol.